The van der Waals surface area contributed by atoms with Gasteiger partial charge in [0.15, 0.2) is 11.5 Å². The van der Waals surface area contributed by atoms with Crippen molar-refractivity contribution < 1.29 is 27.8 Å². The van der Waals surface area contributed by atoms with Gasteiger partial charge in [-0.25, -0.2) is 13.8 Å². The molecule has 4 rings (SSSR count). The SMILES string of the molecule is CC1(C)OCC(CCOc2ccncc2NC(=O)c2nc(-c3c(F)cccc3F)sc2N)O1. The quantitative estimate of drug-likeness (QED) is 0.525. The van der Waals surface area contributed by atoms with Crippen LogP contribution >= 0.6 is 11.3 Å². The summed E-state index contributed by atoms with van der Waals surface area (Å²) >= 11 is 0.820. The van der Waals surface area contributed by atoms with Gasteiger partial charge in [0.1, 0.15) is 33.1 Å². The molecular weight excluding hydrogens is 454 g/mol. The lowest BCUT2D eigenvalue weighted by molar-refractivity contribution is -0.139. The van der Waals surface area contributed by atoms with Crippen molar-refractivity contribution in [2.45, 2.75) is 32.2 Å². The molecule has 2 aromatic heterocycles. The lowest BCUT2D eigenvalue weighted by Crippen LogP contribution is -2.22. The molecule has 0 aliphatic carbocycles. The highest BCUT2D eigenvalue weighted by atomic mass is 32.1. The summed E-state index contributed by atoms with van der Waals surface area (Å²) in [6, 6.07) is 5.07. The van der Waals surface area contributed by atoms with E-state index in [9.17, 15) is 13.6 Å². The van der Waals surface area contributed by atoms with Crippen molar-refractivity contribution in [1.82, 2.24) is 9.97 Å². The van der Waals surface area contributed by atoms with Crippen LogP contribution in [0.25, 0.3) is 10.6 Å². The van der Waals surface area contributed by atoms with Crippen LogP contribution in [0.3, 0.4) is 0 Å². The molecule has 0 saturated carbocycles. The summed E-state index contributed by atoms with van der Waals surface area (Å²) in [5.41, 5.74) is 5.74. The molecule has 1 aromatic carbocycles. The number of ether oxygens (including phenoxy) is 3. The van der Waals surface area contributed by atoms with Gasteiger partial charge in [0, 0.05) is 18.7 Å². The Bertz CT molecular complexity index is 1150. The average Bonchev–Trinajstić information content (AvgIpc) is 3.30. The van der Waals surface area contributed by atoms with Gasteiger partial charge in [-0.2, -0.15) is 0 Å². The lowest BCUT2D eigenvalue weighted by atomic mass is 10.2. The van der Waals surface area contributed by atoms with Crippen molar-refractivity contribution in [1.29, 1.82) is 0 Å². The first-order valence-corrected chi connectivity index (χ1v) is 11.0. The highest BCUT2D eigenvalue weighted by Crippen LogP contribution is 2.34. The van der Waals surface area contributed by atoms with E-state index in [0.29, 0.717) is 31.1 Å². The third-order valence-corrected chi connectivity index (χ3v) is 5.74. The van der Waals surface area contributed by atoms with E-state index < -0.39 is 23.3 Å². The largest absolute Gasteiger partial charge is 0.491 e. The Labute approximate surface area is 192 Å². The van der Waals surface area contributed by atoms with Crippen LogP contribution in [0.5, 0.6) is 5.75 Å². The molecule has 8 nitrogen and oxygen atoms in total. The number of amides is 1. The van der Waals surface area contributed by atoms with E-state index in [1.165, 1.54) is 18.5 Å². The molecule has 1 amide bonds. The van der Waals surface area contributed by atoms with Crippen molar-refractivity contribution in [3.8, 4) is 16.3 Å². The van der Waals surface area contributed by atoms with E-state index in [0.717, 1.165) is 23.5 Å². The fourth-order valence-electron chi connectivity index (χ4n) is 3.29. The fraction of sp³-hybridized carbons (Fsp3) is 0.318. The fourth-order valence-corrected chi connectivity index (χ4v) is 4.17. The lowest BCUT2D eigenvalue weighted by Gasteiger charge is -2.17. The minimum Gasteiger partial charge on any atom is -0.491 e. The maximum Gasteiger partial charge on any atom is 0.277 e. The van der Waals surface area contributed by atoms with Crippen LogP contribution in [-0.4, -0.2) is 41.0 Å². The van der Waals surface area contributed by atoms with Gasteiger partial charge in [0.2, 0.25) is 0 Å². The molecule has 3 heterocycles. The molecule has 1 unspecified atom stereocenters. The van der Waals surface area contributed by atoms with Crippen LogP contribution in [0.1, 0.15) is 30.8 Å². The number of hydrogen-bond acceptors (Lipinski definition) is 8. The second kappa shape index (κ2) is 9.38. The van der Waals surface area contributed by atoms with E-state index in [4.69, 9.17) is 19.9 Å². The van der Waals surface area contributed by atoms with Crippen LogP contribution in [0.4, 0.5) is 19.5 Å². The van der Waals surface area contributed by atoms with Gasteiger partial charge in [0.25, 0.3) is 5.91 Å². The third kappa shape index (κ3) is 5.27. The first-order valence-electron chi connectivity index (χ1n) is 10.1. The van der Waals surface area contributed by atoms with Gasteiger partial charge in [-0.15, -0.1) is 0 Å². The maximum absolute atomic E-state index is 14.1. The van der Waals surface area contributed by atoms with Crippen LogP contribution in [0, 0.1) is 11.6 Å². The third-order valence-electron chi connectivity index (χ3n) is 4.84. The number of thiazole rings is 1. The molecule has 3 aromatic rings. The number of nitrogens with two attached hydrogens (primary N) is 1. The van der Waals surface area contributed by atoms with Gasteiger partial charge in [0.05, 0.1) is 31.1 Å². The molecule has 0 spiro atoms. The van der Waals surface area contributed by atoms with Gasteiger partial charge in [-0.3, -0.25) is 9.78 Å². The summed E-state index contributed by atoms with van der Waals surface area (Å²) < 4.78 is 45.3. The number of anilines is 2. The zero-order valence-corrected chi connectivity index (χ0v) is 18.7. The molecule has 11 heteroatoms. The summed E-state index contributed by atoms with van der Waals surface area (Å²) in [6.07, 6.45) is 3.45. The van der Waals surface area contributed by atoms with Crippen LogP contribution in [-0.2, 0) is 9.47 Å². The second-order valence-electron chi connectivity index (χ2n) is 7.74. The molecule has 33 heavy (non-hydrogen) atoms. The number of nitrogens with zero attached hydrogens (tertiary/aromatic N) is 2. The molecule has 0 radical (unpaired) electrons. The first kappa shape index (κ1) is 23.0. The molecular formula is C22H22F2N4O4S. The Hall–Kier alpha value is -3.15. The second-order valence-corrected chi connectivity index (χ2v) is 8.77. The van der Waals surface area contributed by atoms with E-state index in [1.807, 2.05) is 13.8 Å². The Morgan fingerprint density at radius 2 is 2.09 bits per heavy atom. The molecule has 1 fully saturated rings. The number of carbonyl (C=O) groups excluding carboxylic acids is 1. The van der Waals surface area contributed by atoms with Crippen LogP contribution < -0.4 is 15.8 Å². The number of halogens is 2. The summed E-state index contributed by atoms with van der Waals surface area (Å²) in [5.74, 6) is -2.46. The van der Waals surface area contributed by atoms with Crippen molar-refractivity contribution in [2.75, 3.05) is 24.3 Å². The van der Waals surface area contributed by atoms with E-state index in [1.54, 1.807) is 6.07 Å². The first-order chi connectivity index (χ1) is 15.7. The highest BCUT2D eigenvalue weighted by molar-refractivity contribution is 7.19. The van der Waals surface area contributed by atoms with Gasteiger partial charge in [-0.1, -0.05) is 17.4 Å². The van der Waals surface area contributed by atoms with Gasteiger partial charge in [-0.05, 0) is 26.0 Å². The summed E-state index contributed by atoms with van der Waals surface area (Å²) in [4.78, 5) is 20.9. The normalized spacial score (nSPS) is 17.2. The summed E-state index contributed by atoms with van der Waals surface area (Å²) in [6.45, 7) is 4.50. The standard InChI is InChI=1S/C22H22F2N4O4S/c1-22(2)31-11-12(32-22)7-9-30-16-6-8-26-10-15(16)27-20(29)18-19(25)33-21(28-18)17-13(23)4-3-5-14(17)24/h3-6,8,10,12H,7,9,11,25H2,1-2H3,(H,27,29). The summed E-state index contributed by atoms with van der Waals surface area (Å²) in [7, 11) is 0. The molecule has 1 aliphatic rings. The Kier molecular flexibility index (Phi) is 6.54. The number of pyridine rings is 1. The molecule has 174 valence electrons. The van der Waals surface area contributed by atoms with Gasteiger partial charge >= 0.3 is 0 Å². The number of benzene rings is 1. The number of aromatic nitrogens is 2. The number of rotatable bonds is 7. The predicted molar refractivity (Wildman–Crippen MR) is 119 cm³/mol. The molecule has 0 bridgehead atoms. The minimum atomic E-state index is -0.793. The van der Waals surface area contributed by atoms with Crippen molar-refractivity contribution in [3.05, 3.63) is 54.0 Å². The van der Waals surface area contributed by atoms with E-state index in [-0.39, 0.29) is 27.4 Å². The number of nitrogens with one attached hydrogen (secondary N) is 1. The van der Waals surface area contributed by atoms with E-state index in [2.05, 4.69) is 15.3 Å². The number of hydrogen-bond donors (Lipinski definition) is 2. The zero-order chi connectivity index (χ0) is 23.6. The van der Waals surface area contributed by atoms with Crippen LogP contribution in [0.2, 0.25) is 0 Å². The highest BCUT2D eigenvalue weighted by Gasteiger charge is 2.32. The Morgan fingerprint density at radius 1 is 1.33 bits per heavy atom. The monoisotopic (exact) mass is 476 g/mol. The smallest absolute Gasteiger partial charge is 0.277 e. The minimum absolute atomic E-state index is 0.0255. The molecule has 3 N–H and O–H groups in total. The van der Waals surface area contributed by atoms with Crippen LogP contribution in [0.15, 0.2) is 36.7 Å². The summed E-state index contributed by atoms with van der Waals surface area (Å²) in [5, 5.41) is 2.64. The van der Waals surface area contributed by atoms with E-state index >= 15 is 0 Å². The zero-order valence-electron chi connectivity index (χ0n) is 17.9. The van der Waals surface area contributed by atoms with Gasteiger partial charge < -0.3 is 25.3 Å². The van der Waals surface area contributed by atoms with Crippen molar-refractivity contribution in [2.24, 2.45) is 0 Å². The topological polar surface area (TPSA) is 109 Å². The molecule has 1 atom stereocenters. The number of nitrogen functional groups attached to an aromatic ring is 1. The molecule has 1 saturated heterocycles. The predicted octanol–water partition coefficient (Wildman–Crippen LogP) is 4.24. The van der Waals surface area contributed by atoms with Crippen molar-refractivity contribution in [3.63, 3.8) is 0 Å². The Balaban J connectivity index is 1.45. The molecule has 1 aliphatic heterocycles. The average molecular weight is 477 g/mol. The maximum atomic E-state index is 14.1. The van der Waals surface area contributed by atoms with Crippen molar-refractivity contribution >= 4 is 27.9 Å². The number of carbonyl (C=O) groups is 1. The Morgan fingerprint density at radius 3 is 2.79 bits per heavy atom.